The quantitative estimate of drug-likeness (QED) is 0.834. The van der Waals surface area contributed by atoms with Gasteiger partial charge in [0.05, 0.1) is 18.2 Å². The zero-order valence-electron chi connectivity index (χ0n) is 12.1. The minimum absolute atomic E-state index is 0.121. The number of amides is 2. The Morgan fingerprint density at radius 2 is 1.74 bits per heavy atom. The molecular formula is C17H14BrFN2O2. The summed E-state index contributed by atoms with van der Waals surface area (Å²) in [6.07, 6.45) is 0.121. The predicted molar refractivity (Wildman–Crippen MR) is 88.3 cm³/mol. The molecule has 1 N–H and O–H groups in total. The first-order chi connectivity index (χ1) is 11.0. The first-order valence-corrected chi connectivity index (χ1v) is 7.94. The van der Waals surface area contributed by atoms with Gasteiger partial charge in [0.25, 0.3) is 5.91 Å². The van der Waals surface area contributed by atoms with E-state index in [1.54, 1.807) is 36.4 Å². The van der Waals surface area contributed by atoms with Crippen LogP contribution in [0.25, 0.3) is 0 Å². The van der Waals surface area contributed by atoms with Crippen LogP contribution in [0.3, 0.4) is 0 Å². The van der Waals surface area contributed by atoms with Crippen molar-refractivity contribution in [1.29, 1.82) is 0 Å². The molecular weight excluding hydrogens is 363 g/mol. The van der Waals surface area contributed by atoms with E-state index in [1.165, 1.54) is 17.0 Å². The lowest BCUT2D eigenvalue weighted by atomic mass is 10.2. The van der Waals surface area contributed by atoms with Crippen LogP contribution in [0.4, 0.5) is 10.1 Å². The monoisotopic (exact) mass is 376 g/mol. The lowest BCUT2D eigenvalue weighted by Crippen LogP contribution is -2.38. The van der Waals surface area contributed by atoms with Crippen molar-refractivity contribution in [2.24, 2.45) is 0 Å². The molecule has 118 valence electrons. The van der Waals surface area contributed by atoms with Gasteiger partial charge in [-0.05, 0) is 42.0 Å². The highest BCUT2D eigenvalue weighted by atomic mass is 79.9. The zero-order chi connectivity index (χ0) is 16.4. The minimum Gasteiger partial charge on any atom is -0.301 e. The topological polar surface area (TPSA) is 49.4 Å². The van der Waals surface area contributed by atoms with Crippen LogP contribution >= 0.6 is 15.9 Å². The molecule has 2 aromatic rings. The summed E-state index contributed by atoms with van der Waals surface area (Å²) >= 11 is 3.32. The Morgan fingerprint density at radius 3 is 2.39 bits per heavy atom. The minimum atomic E-state index is -0.559. The second kappa shape index (κ2) is 6.60. The van der Waals surface area contributed by atoms with E-state index < -0.39 is 6.04 Å². The van der Waals surface area contributed by atoms with Crippen molar-refractivity contribution in [3.8, 4) is 0 Å². The van der Waals surface area contributed by atoms with E-state index in [2.05, 4.69) is 21.2 Å². The Bertz CT molecular complexity index is 731. The number of rotatable bonds is 4. The Hall–Kier alpha value is -2.05. The average molecular weight is 377 g/mol. The summed E-state index contributed by atoms with van der Waals surface area (Å²) in [6, 6.07) is 12.5. The number of carbonyl (C=O) groups is 2. The van der Waals surface area contributed by atoms with Crippen LogP contribution in [0.1, 0.15) is 12.0 Å². The molecule has 1 heterocycles. The molecule has 1 aliphatic heterocycles. The molecule has 2 aromatic carbocycles. The fourth-order valence-electron chi connectivity index (χ4n) is 2.50. The van der Waals surface area contributed by atoms with Gasteiger partial charge >= 0.3 is 0 Å². The third kappa shape index (κ3) is 3.48. The molecule has 0 saturated carbocycles. The fraction of sp³-hybridized carbons (Fsp3) is 0.176. The molecule has 1 aliphatic rings. The predicted octanol–water partition coefficient (Wildman–Crippen LogP) is 3.01. The van der Waals surface area contributed by atoms with Crippen molar-refractivity contribution in [2.45, 2.75) is 19.0 Å². The van der Waals surface area contributed by atoms with Crippen molar-refractivity contribution in [2.75, 3.05) is 4.90 Å². The summed E-state index contributed by atoms with van der Waals surface area (Å²) in [5, 5.41) is 3.06. The van der Waals surface area contributed by atoms with Crippen LogP contribution in [-0.2, 0) is 16.1 Å². The molecule has 0 aliphatic carbocycles. The molecule has 0 aromatic heterocycles. The molecule has 4 nitrogen and oxygen atoms in total. The summed E-state index contributed by atoms with van der Waals surface area (Å²) in [6.45, 7) is 0.401. The van der Waals surface area contributed by atoms with Gasteiger partial charge < -0.3 is 5.32 Å². The van der Waals surface area contributed by atoms with Crippen molar-refractivity contribution >= 4 is 33.4 Å². The second-order valence-corrected chi connectivity index (χ2v) is 6.22. The van der Waals surface area contributed by atoms with Crippen LogP contribution in [0.15, 0.2) is 53.0 Å². The van der Waals surface area contributed by atoms with Crippen molar-refractivity contribution in [1.82, 2.24) is 5.32 Å². The number of nitrogens with one attached hydrogen (secondary N) is 1. The van der Waals surface area contributed by atoms with Crippen LogP contribution < -0.4 is 10.2 Å². The number of imide groups is 1. The van der Waals surface area contributed by atoms with Crippen molar-refractivity contribution in [3.05, 3.63) is 64.4 Å². The highest BCUT2D eigenvalue weighted by molar-refractivity contribution is 9.10. The SMILES string of the molecule is O=C1C[C@H](NCc2ccc(F)cc2)C(=O)N1c1ccc(Br)cc1. The standard InChI is InChI=1S/C17H14BrFN2O2/c18-12-3-7-14(8-4-12)21-16(22)9-15(17(21)23)20-10-11-1-5-13(19)6-2-11/h1-8,15,20H,9-10H2/t15-/m0/s1. The van der Waals surface area contributed by atoms with Crippen LogP contribution in [0, 0.1) is 5.82 Å². The maximum atomic E-state index is 12.9. The summed E-state index contributed by atoms with van der Waals surface area (Å²) in [5.41, 5.74) is 1.42. The fourth-order valence-corrected chi connectivity index (χ4v) is 2.76. The number of hydrogen-bond acceptors (Lipinski definition) is 3. The third-order valence-corrected chi connectivity index (χ3v) is 4.23. The van der Waals surface area contributed by atoms with E-state index in [9.17, 15) is 14.0 Å². The number of hydrogen-bond donors (Lipinski definition) is 1. The molecule has 3 rings (SSSR count). The Balaban J connectivity index is 1.68. The Kier molecular flexibility index (Phi) is 4.54. The summed E-state index contributed by atoms with van der Waals surface area (Å²) < 4.78 is 13.8. The maximum absolute atomic E-state index is 12.9. The summed E-state index contributed by atoms with van der Waals surface area (Å²) in [4.78, 5) is 25.8. The van der Waals surface area contributed by atoms with Crippen LogP contribution in [-0.4, -0.2) is 17.9 Å². The van der Waals surface area contributed by atoms with Gasteiger partial charge in [0, 0.05) is 11.0 Å². The number of nitrogens with zero attached hydrogens (tertiary/aromatic N) is 1. The first-order valence-electron chi connectivity index (χ1n) is 7.15. The van der Waals surface area contributed by atoms with Gasteiger partial charge in [0.15, 0.2) is 0 Å². The molecule has 23 heavy (non-hydrogen) atoms. The van der Waals surface area contributed by atoms with Gasteiger partial charge in [-0.15, -0.1) is 0 Å². The molecule has 1 atom stereocenters. The summed E-state index contributed by atoms with van der Waals surface area (Å²) in [5.74, 6) is -0.796. The molecule has 1 fully saturated rings. The van der Waals surface area contributed by atoms with E-state index in [4.69, 9.17) is 0 Å². The zero-order valence-corrected chi connectivity index (χ0v) is 13.7. The number of carbonyl (C=O) groups excluding carboxylic acids is 2. The third-order valence-electron chi connectivity index (χ3n) is 3.70. The van der Waals surface area contributed by atoms with Gasteiger partial charge in [-0.25, -0.2) is 9.29 Å². The summed E-state index contributed by atoms with van der Waals surface area (Å²) in [7, 11) is 0. The average Bonchev–Trinajstić information content (AvgIpc) is 2.82. The van der Waals surface area contributed by atoms with Gasteiger partial charge in [-0.3, -0.25) is 9.59 Å². The van der Waals surface area contributed by atoms with E-state index in [0.29, 0.717) is 12.2 Å². The van der Waals surface area contributed by atoms with E-state index >= 15 is 0 Å². The van der Waals surface area contributed by atoms with Gasteiger partial charge in [-0.2, -0.15) is 0 Å². The van der Waals surface area contributed by atoms with Crippen LogP contribution in [0.5, 0.6) is 0 Å². The normalized spacial score (nSPS) is 17.8. The Morgan fingerprint density at radius 1 is 1.09 bits per heavy atom. The van der Waals surface area contributed by atoms with Gasteiger partial charge in [-0.1, -0.05) is 28.1 Å². The highest BCUT2D eigenvalue weighted by Crippen LogP contribution is 2.24. The Labute approximate surface area is 141 Å². The number of halogens is 2. The lowest BCUT2D eigenvalue weighted by Gasteiger charge is -2.15. The second-order valence-electron chi connectivity index (χ2n) is 5.31. The maximum Gasteiger partial charge on any atom is 0.251 e. The molecule has 1 saturated heterocycles. The van der Waals surface area contributed by atoms with E-state index in [0.717, 1.165) is 10.0 Å². The number of anilines is 1. The smallest absolute Gasteiger partial charge is 0.251 e. The molecule has 0 spiro atoms. The first kappa shape index (κ1) is 15.8. The number of benzene rings is 2. The van der Waals surface area contributed by atoms with Crippen LogP contribution in [0.2, 0.25) is 0 Å². The molecule has 0 radical (unpaired) electrons. The van der Waals surface area contributed by atoms with Gasteiger partial charge in [0.1, 0.15) is 5.82 Å². The van der Waals surface area contributed by atoms with Crippen molar-refractivity contribution in [3.63, 3.8) is 0 Å². The largest absolute Gasteiger partial charge is 0.301 e. The molecule has 6 heteroatoms. The molecule has 0 bridgehead atoms. The van der Waals surface area contributed by atoms with E-state index in [1.807, 2.05) is 0 Å². The van der Waals surface area contributed by atoms with Crippen molar-refractivity contribution < 1.29 is 14.0 Å². The lowest BCUT2D eigenvalue weighted by molar-refractivity contribution is -0.121. The molecule has 2 amide bonds. The van der Waals surface area contributed by atoms with E-state index in [-0.39, 0.29) is 24.1 Å². The highest BCUT2D eigenvalue weighted by Gasteiger charge is 2.39. The molecule has 0 unspecified atom stereocenters. The van der Waals surface area contributed by atoms with Gasteiger partial charge in [0.2, 0.25) is 5.91 Å².